The van der Waals surface area contributed by atoms with Gasteiger partial charge in [-0.05, 0) is 12.8 Å². The number of halogens is 3. The maximum Gasteiger partial charge on any atom is 0.154 e. The van der Waals surface area contributed by atoms with Crippen molar-refractivity contribution in [3.05, 3.63) is 41.5 Å². The molecule has 0 atom stereocenters. The highest BCUT2D eigenvalue weighted by Crippen LogP contribution is 2.24. The number of unbranched alkanes of at least 4 members (excludes halogenated alkanes) is 1. The average molecular weight is 269 g/mol. The number of nitrogens with two attached hydrogens (primary N) is 1. The first kappa shape index (κ1) is 13.5. The van der Waals surface area contributed by atoms with E-state index in [-0.39, 0.29) is 0 Å². The Balaban J connectivity index is 2.53. The first-order chi connectivity index (χ1) is 9.04. The van der Waals surface area contributed by atoms with Crippen molar-refractivity contribution in [3.8, 4) is 5.69 Å². The fourth-order valence-electron chi connectivity index (χ4n) is 1.91. The van der Waals surface area contributed by atoms with Crippen LogP contribution < -0.4 is 5.73 Å². The van der Waals surface area contributed by atoms with Crippen molar-refractivity contribution in [2.45, 2.75) is 26.2 Å². The van der Waals surface area contributed by atoms with Crippen LogP contribution in [0.3, 0.4) is 0 Å². The predicted octanol–water partition coefficient (Wildman–Crippen LogP) is 3.21. The van der Waals surface area contributed by atoms with Gasteiger partial charge in [-0.1, -0.05) is 13.3 Å². The molecule has 102 valence electrons. The fraction of sp³-hybridized carbons (Fsp3) is 0.308. The third-order valence-electron chi connectivity index (χ3n) is 2.86. The van der Waals surface area contributed by atoms with Crippen LogP contribution in [0.15, 0.2) is 18.3 Å². The number of rotatable bonds is 4. The van der Waals surface area contributed by atoms with Gasteiger partial charge >= 0.3 is 0 Å². The van der Waals surface area contributed by atoms with Crippen molar-refractivity contribution in [1.82, 2.24) is 9.78 Å². The molecule has 19 heavy (non-hydrogen) atoms. The average Bonchev–Trinajstić information content (AvgIpc) is 2.67. The molecule has 2 N–H and O–H groups in total. The number of hydrogen-bond donors (Lipinski definition) is 1. The van der Waals surface area contributed by atoms with Crippen molar-refractivity contribution in [2.24, 2.45) is 0 Å². The Morgan fingerprint density at radius 3 is 2.42 bits per heavy atom. The van der Waals surface area contributed by atoms with E-state index in [9.17, 15) is 13.2 Å². The van der Waals surface area contributed by atoms with Crippen molar-refractivity contribution < 1.29 is 13.2 Å². The summed E-state index contributed by atoms with van der Waals surface area (Å²) in [5.74, 6) is -2.97. The molecule has 0 aliphatic carbocycles. The number of hydrogen-bond acceptors (Lipinski definition) is 2. The normalized spacial score (nSPS) is 10.9. The topological polar surface area (TPSA) is 43.8 Å². The minimum atomic E-state index is -1.00. The van der Waals surface area contributed by atoms with E-state index >= 15 is 0 Å². The summed E-state index contributed by atoms with van der Waals surface area (Å²) in [6.07, 6.45) is 3.63. The van der Waals surface area contributed by atoms with Gasteiger partial charge in [0.05, 0.1) is 17.6 Å². The van der Waals surface area contributed by atoms with E-state index in [4.69, 9.17) is 5.73 Å². The lowest BCUT2D eigenvalue weighted by atomic mass is 10.2. The zero-order valence-corrected chi connectivity index (χ0v) is 10.5. The van der Waals surface area contributed by atoms with Crippen molar-refractivity contribution in [1.29, 1.82) is 0 Å². The van der Waals surface area contributed by atoms with E-state index in [0.717, 1.165) is 17.5 Å². The van der Waals surface area contributed by atoms with Crippen molar-refractivity contribution in [3.63, 3.8) is 0 Å². The summed E-state index contributed by atoms with van der Waals surface area (Å²) in [6, 6.07) is 1.25. The quantitative estimate of drug-likeness (QED) is 0.926. The molecule has 0 radical (unpaired) electrons. The monoisotopic (exact) mass is 269 g/mol. The van der Waals surface area contributed by atoms with Gasteiger partial charge in [-0.25, -0.2) is 17.9 Å². The Morgan fingerprint density at radius 1 is 1.21 bits per heavy atom. The SMILES string of the molecule is CCCCc1c(N)cnn1-c1c(F)cc(F)cc1F. The van der Waals surface area contributed by atoms with Gasteiger partial charge in [-0.2, -0.15) is 5.10 Å². The van der Waals surface area contributed by atoms with Crippen LogP contribution in [0.5, 0.6) is 0 Å². The molecule has 3 nitrogen and oxygen atoms in total. The van der Waals surface area contributed by atoms with E-state index in [1.54, 1.807) is 0 Å². The maximum absolute atomic E-state index is 13.7. The van der Waals surface area contributed by atoms with Gasteiger partial charge in [0.1, 0.15) is 11.5 Å². The largest absolute Gasteiger partial charge is 0.396 e. The lowest BCUT2D eigenvalue weighted by molar-refractivity contribution is 0.524. The summed E-state index contributed by atoms with van der Waals surface area (Å²) in [5, 5.41) is 3.88. The molecule has 0 unspecified atom stereocenters. The van der Waals surface area contributed by atoms with Crippen LogP contribution in [-0.4, -0.2) is 9.78 Å². The van der Waals surface area contributed by atoms with E-state index in [0.29, 0.717) is 29.9 Å². The Labute approximate surface area is 108 Å². The smallest absolute Gasteiger partial charge is 0.154 e. The number of nitrogens with zero attached hydrogens (tertiary/aromatic N) is 2. The maximum atomic E-state index is 13.7. The van der Waals surface area contributed by atoms with Crippen LogP contribution in [-0.2, 0) is 6.42 Å². The summed E-state index contributed by atoms with van der Waals surface area (Å²) in [7, 11) is 0. The summed E-state index contributed by atoms with van der Waals surface area (Å²) in [4.78, 5) is 0. The van der Waals surface area contributed by atoms with Crippen LogP contribution in [0.1, 0.15) is 25.5 Å². The highest BCUT2D eigenvalue weighted by Gasteiger charge is 2.18. The molecule has 0 saturated carbocycles. The molecule has 0 spiro atoms. The fourth-order valence-corrected chi connectivity index (χ4v) is 1.91. The van der Waals surface area contributed by atoms with Gasteiger partial charge in [0, 0.05) is 12.1 Å². The van der Waals surface area contributed by atoms with Gasteiger partial charge in [0.2, 0.25) is 0 Å². The molecule has 0 fully saturated rings. The molecule has 1 aromatic carbocycles. The molecule has 6 heteroatoms. The first-order valence-electron chi connectivity index (χ1n) is 6.02. The number of aromatic nitrogens is 2. The predicted molar refractivity (Wildman–Crippen MR) is 66.5 cm³/mol. The Hall–Kier alpha value is -1.98. The number of benzene rings is 1. The molecule has 1 aromatic heterocycles. The molecular formula is C13H14F3N3. The molecule has 2 aromatic rings. The molecule has 2 rings (SSSR count). The van der Waals surface area contributed by atoms with Gasteiger partial charge in [-0.3, -0.25) is 0 Å². The summed E-state index contributed by atoms with van der Waals surface area (Å²) < 4.78 is 41.5. The third kappa shape index (κ3) is 2.57. The van der Waals surface area contributed by atoms with E-state index < -0.39 is 23.1 Å². The Kier molecular flexibility index (Phi) is 3.78. The zero-order chi connectivity index (χ0) is 14.0. The van der Waals surface area contributed by atoms with Gasteiger partial charge in [-0.15, -0.1) is 0 Å². The van der Waals surface area contributed by atoms with E-state index in [1.165, 1.54) is 6.20 Å². The van der Waals surface area contributed by atoms with Gasteiger partial charge in [0.25, 0.3) is 0 Å². The molecule has 0 bridgehead atoms. The summed E-state index contributed by atoms with van der Waals surface area (Å²) >= 11 is 0. The highest BCUT2D eigenvalue weighted by atomic mass is 19.1. The van der Waals surface area contributed by atoms with Crippen LogP contribution in [0.4, 0.5) is 18.9 Å². The number of nitrogen functional groups attached to an aromatic ring is 1. The number of anilines is 1. The molecule has 0 amide bonds. The molecule has 1 heterocycles. The Bertz CT molecular complexity index is 570. The third-order valence-corrected chi connectivity index (χ3v) is 2.86. The van der Waals surface area contributed by atoms with Crippen molar-refractivity contribution in [2.75, 3.05) is 5.73 Å². The second kappa shape index (κ2) is 5.34. The first-order valence-corrected chi connectivity index (χ1v) is 6.02. The Morgan fingerprint density at radius 2 is 1.84 bits per heavy atom. The zero-order valence-electron chi connectivity index (χ0n) is 10.5. The lowest BCUT2D eigenvalue weighted by Gasteiger charge is -2.10. The van der Waals surface area contributed by atoms with E-state index in [1.807, 2.05) is 6.92 Å². The highest BCUT2D eigenvalue weighted by molar-refractivity contribution is 5.47. The standard InChI is InChI=1S/C13H14F3N3/c1-2-3-4-12-11(17)7-18-19(12)13-9(15)5-8(14)6-10(13)16/h5-7H,2-4,17H2,1H3. The lowest BCUT2D eigenvalue weighted by Crippen LogP contribution is -2.09. The van der Waals surface area contributed by atoms with E-state index in [2.05, 4.69) is 5.10 Å². The van der Waals surface area contributed by atoms with Crippen LogP contribution in [0, 0.1) is 17.5 Å². The van der Waals surface area contributed by atoms with Crippen LogP contribution in [0.2, 0.25) is 0 Å². The molecule has 0 aliphatic heterocycles. The van der Waals surface area contributed by atoms with Gasteiger partial charge < -0.3 is 5.73 Å². The minimum Gasteiger partial charge on any atom is -0.396 e. The summed E-state index contributed by atoms with van der Waals surface area (Å²) in [6.45, 7) is 2.00. The second-order valence-corrected chi connectivity index (χ2v) is 4.28. The molecule has 0 aliphatic rings. The van der Waals surface area contributed by atoms with Crippen LogP contribution >= 0.6 is 0 Å². The second-order valence-electron chi connectivity index (χ2n) is 4.28. The minimum absolute atomic E-state index is 0.372. The summed E-state index contributed by atoms with van der Waals surface area (Å²) in [5.41, 5.74) is 6.25. The molecule has 0 saturated heterocycles. The van der Waals surface area contributed by atoms with Crippen LogP contribution in [0.25, 0.3) is 5.69 Å². The molecular weight excluding hydrogens is 255 g/mol. The van der Waals surface area contributed by atoms with Gasteiger partial charge in [0.15, 0.2) is 11.6 Å². The van der Waals surface area contributed by atoms with Crippen molar-refractivity contribution >= 4 is 5.69 Å².